The highest BCUT2D eigenvalue weighted by Crippen LogP contribution is 2.44. The van der Waals surface area contributed by atoms with E-state index in [0.29, 0.717) is 23.6 Å². The fraction of sp³-hybridized carbons (Fsp3) is 0.500. The van der Waals surface area contributed by atoms with E-state index in [1.807, 2.05) is 0 Å². The van der Waals surface area contributed by atoms with Crippen LogP contribution in [0, 0.1) is 6.07 Å². The van der Waals surface area contributed by atoms with Gasteiger partial charge in [0.25, 0.3) is 5.92 Å². The second-order valence-electron chi connectivity index (χ2n) is 4.39. The Morgan fingerprint density at radius 3 is 2.76 bits per heavy atom. The first-order valence-electron chi connectivity index (χ1n) is 5.34. The van der Waals surface area contributed by atoms with Gasteiger partial charge in [-0.1, -0.05) is 29.3 Å². The molecule has 1 aromatic carbocycles. The Hall–Kier alpha value is -0.380. The molecule has 2 rings (SSSR count). The highest BCUT2D eigenvalue weighted by Gasteiger charge is 2.45. The van der Waals surface area contributed by atoms with Crippen LogP contribution in [-0.4, -0.2) is 31.0 Å². The summed E-state index contributed by atoms with van der Waals surface area (Å²) in [6.45, 7) is 0.348. The van der Waals surface area contributed by atoms with Crippen LogP contribution in [0.25, 0.3) is 0 Å². The van der Waals surface area contributed by atoms with Crippen LogP contribution in [0.1, 0.15) is 17.9 Å². The number of hydrogen-bond donors (Lipinski definition) is 0. The molecule has 1 aliphatic heterocycles. The lowest BCUT2D eigenvalue weighted by Crippen LogP contribution is -2.45. The largest absolute Gasteiger partial charge is 0.301 e. The minimum absolute atomic E-state index is 0.201. The first kappa shape index (κ1) is 13.1. The first-order valence-corrected chi connectivity index (χ1v) is 6.09. The average molecular weight is 279 g/mol. The number of rotatable bonds is 1. The van der Waals surface area contributed by atoms with E-state index in [-0.39, 0.29) is 11.6 Å². The summed E-state index contributed by atoms with van der Waals surface area (Å²) in [5.41, 5.74) is 0.328. The Kier molecular flexibility index (Phi) is 3.62. The van der Waals surface area contributed by atoms with Crippen molar-refractivity contribution in [3.8, 4) is 0 Å². The molecule has 1 atom stereocenters. The molecule has 5 heteroatoms. The number of hydrogen-bond acceptors (Lipinski definition) is 1. The Morgan fingerprint density at radius 2 is 2.18 bits per heavy atom. The van der Waals surface area contributed by atoms with Crippen LogP contribution in [0.4, 0.5) is 8.78 Å². The van der Waals surface area contributed by atoms with Gasteiger partial charge in [-0.15, -0.1) is 0 Å². The van der Waals surface area contributed by atoms with Gasteiger partial charge >= 0.3 is 0 Å². The zero-order valence-corrected chi connectivity index (χ0v) is 10.8. The van der Waals surface area contributed by atoms with Crippen LogP contribution in [0.5, 0.6) is 0 Å². The van der Waals surface area contributed by atoms with E-state index in [1.165, 1.54) is 0 Å². The maximum absolute atomic E-state index is 14.0. The molecule has 0 amide bonds. The molecule has 0 spiro atoms. The molecule has 0 aliphatic carbocycles. The summed E-state index contributed by atoms with van der Waals surface area (Å²) >= 11 is 11.9. The van der Waals surface area contributed by atoms with Crippen molar-refractivity contribution in [1.82, 2.24) is 4.90 Å². The second kappa shape index (κ2) is 4.71. The fourth-order valence-electron chi connectivity index (χ4n) is 2.25. The van der Waals surface area contributed by atoms with Crippen molar-refractivity contribution in [2.45, 2.75) is 18.3 Å². The van der Waals surface area contributed by atoms with Crippen molar-refractivity contribution < 1.29 is 8.78 Å². The van der Waals surface area contributed by atoms with Gasteiger partial charge in [-0.05, 0) is 31.6 Å². The summed E-state index contributed by atoms with van der Waals surface area (Å²) in [6.07, 6.45) is 0.348. The molecular weight excluding hydrogens is 267 g/mol. The number of benzene rings is 1. The van der Waals surface area contributed by atoms with Gasteiger partial charge in [0.15, 0.2) is 0 Å². The summed E-state index contributed by atoms with van der Waals surface area (Å²) in [7, 11) is 1.68. The molecule has 1 aromatic rings. The number of alkyl halides is 2. The van der Waals surface area contributed by atoms with Crippen LogP contribution in [0.2, 0.25) is 10.0 Å². The predicted octanol–water partition coefficient (Wildman–Crippen LogP) is 3.85. The maximum atomic E-state index is 14.0. The quantitative estimate of drug-likeness (QED) is 0.754. The first-order chi connectivity index (χ1) is 7.92. The summed E-state index contributed by atoms with van der Waals surface area (Å²) in [4.78, 5) is 1.62. The molecule has 0 N–H and O–H groups in total. The smallest absolute Gasteiger partial charge is 0.267 e. The third-order valence-corrected chi connectivity index (χ3v) is 3.71. The lowest BCUT2D eigenvalue weighted by molar-refractivity contribution is -0.0765. The molecule has 1 radical (unpaired) electrons. The van der Waals surface area contributed by atoms with Crippen LogP contribution >= 0.6 is 23.2 Å². The predicted molar refractivity (Wildman–Crippen MR) is 65.1 cm³/mol. The van der Waals surface area contributed by atoms with Crippen molar-refractivity contribution >= 4 is 23.2 Å². The van der Waals surface area contributed by atoms with Crippen molar-refractivity contribution in [1.29, 1.82) is 0 Å². The Morgan fingerprint density at radius 1 is 1.47 bits per heavy atom. The summed E-state index contributed by atoms with van der Waals surface area (Å²) in [5.74, 6) is -3.73. The third-order valence-electron chi connectivity index (χ3n) is 3.07. The zero-order valence-electron chi connectivity index (χ0n) is 9.31. The van der Waals surface area contributed by atoms with Gasteiger partial charge in [0.1, 0.15) is 0 Å². The number of piperidine rings is 1. The van der Waals surface area contributed by atoms with Crippen LogP contribution in [0.3, 0.4) is 0 Å². The minimum Gasteiger partial charge on any atom is -0.301 e. The minimum atomic E-state index is -2.81. The van der Waals surface area contributed by atoms with E-state index in [2.05, 4.69) is 6.07 Å². The van der Waals surface area contributed by atoms with E-state index < -0.39 is 11.8 Å². The molecule has 1 heterocycles. The van der Waals surface area contributed by atoms with Crippen LogP contribution < -0.4 is 0 Å². The van der Waals surface area contributed by atoms with E-state index >= 15 is 0 Å². The normalized spacial score (nSPS) is 24.9. The van der Waals surface area contributed by atoms with E-state index in [1.54, 1.807) is 24.1 Å². The van der Waals surface area contributed by atoms with Gasteiger partial charge in [-0.3, -0.25) is 0 Å². The molecule has 1 saturated heterocycles. The van der Waals surface area contributed by atoms with E-state index in [4.69, 9.17) is 23.2 Å². The van der Waals surface area contributed by atoms with Gasteiger partial charge in [-0.2, -0.15) is 0 Å². The summed E-state index contributed by atoms with van der Waals surface area (Å²) in [5, 5.41) is 0.495. The van der Waals surface area contributed by atoms with Crippen LogP contribution in [0.15, 0.2) is 12.1 Å². The van der Waals surface area contributed by atoms with Gasteiger partial charge in [0.05, 0.1) is 17.5 Å². The van der Waals surface area contributed by atoms with Gasteiger partial charge in [0, 0.05) is 11.1 Å². The number of likely N-dealkylation sites (tertiary alicyclic amines) is 1. The third kappa shape index (κ3) is 2.56. The zero-order chi connectivity index (χ0) is 12.6. The number of halogens is 4. The molecular formula is C12H12Cl2F2N. The molecule has 0 saturated carbocycles. The molecule has 0 bridgehead atoms. The Bertz CT molecular complexity index is 403. The second-order valence-corrected chi connectivity index (χ2v) is 5.18. The SMILES string of the molecule is CN1CCC(c2c(Cl)[c]ccc2Cl)C(F)(F)C1. The van der Waals surface area contributed by atoms with Gasteiger partial charge in [0.2, 0.25) is 0 Å². The fourth-order valence-corrected chi connectivity index (χ4v) is 2.88. The Balaban J connectivity index is 2.39. The average Bonchev–Trinajstić information content (AvgIpc) is 2.19. The monoisotopic (exact) mass is 278 g/mol. The van der Waals surface area contributed by atoms with Gasteiger partial charge in [-0.25, -0.2) is 8.78 Å². The highest BCUT2D eigenvalue weighted by atomic mass is 35.5. The maximum Gasteiger partial charge on any atom is 0.267 e. The van der Waals surface area contributed by atoms with Crippen LogP contribution in [-0.2, 0) is 0 Å². The summed E-state index contributed by atoms with van der Waals surface area (Å²) < 4.78 is 28.0. The highest BCUT2D eigenvalue weighted by molar-refractivity contribution is 6.36. The molecule has 1 unspecified atom stereocenters. The lowest BCUT2D eigenvalue weighted by atomic mass is 9.86. The standard InChI is InChI=1S/C12H12Cl2F2N/c1-17-6-5-8(12(15,16)7-17)11-9(13)3-2-4-10(11)14/h2-3,8H,5-7H2,1H3. The molecule has 1 fully saturated rings. The topological polar surface area (TPSA) is 3.24 Å². The lowest BCUT2D eigenvalue weighted by Gasteiger charge is -2.37. The molecule has 93 valence electrons. The molecule has 17 heavy (non-hydrogen) atoms. The van der Waals surface area contributed by atoms with Crippen molar-refractivity contribution in [2.75, 3.05) is 20.1 Å². The molecule has 1 aliphatic rings. The van der Waals surface area contributed by atoms with Crippen molar-refractivity contribution in [3.05, 3.63) is 33.8 Å². The van der Waals surface area contributed by atoms with E-state index in [9.17, 15) is 8.78 Å². The molecule has 1 nitrogen and oxygen atoms in total. The van der Waals surface area contributed by atoms with Crippen molar-refractivity contribution in [3.63, 3.8) is 0 Å². The number of nitrogens with zero attached hydrogens (tertiary/aromatic N) is 1. The Labute approximate surface area is 109 Å². The van der Waals surface area contributed by atoms with E-state index in [0.717, 1.165) is 0 Å². The molecule has 0 aromatic heterocycles. The van der Waals surface area contributed by atoms with Crippen molar-refractivity contribution in [2.24, 2.45) is 0 Å². The summed E-state index contributed by atoms with van der Waals surface area (Å²) in [6, 6.07) is 5.82. The van der Waals surface area contributed by atoms with Gasteiger partial charge < -0.3 is 4.90 Å².